The molecule has 3 aromatic rings. The summed E-state index contributed by atoms with van der Waals surface area (Å²) in [5.74, 6) is -0.673. The average molecular weight is 505 g/mol. The van der Waals surface area contributed by atoms with Crippen molar-refractivity contribution in [3.8, 4) is 17.2 Å². The number of nitrogens with zero attached hydrogens (tertiary/aromatic N) is 1. The summed E-state index contributed by atoms with van der Waals surface area (Å²) in [6.07, 6.45) is 1.97. The molecule has 0 heterocycles. The van der Waals surface area contributed by atoms with Crippen LogP contribution in [0.25, 0.3) is 0 Å². The van der Waals surface area contributed by atoms with Gasteiger partial charge in [-0.05, 0) is 47.9 Å². The number of hydrazone groups is 1. The molecule has 3 rings (SSSR count). The van der Waals surface area contributed by atoms with Crippen molar-refractivity contribution >= 4 is 29.6 Å². The first kappa shape index (κ1) is 26.7. The number of anilines is 1. The minimum absolute atomic E-state index is 0.240. The van der Waals surface area contributed by atoms with Crippen molar-refractivity contribution in [2.24, 2.45) is 5.10 Å². The summed E-state index contributed by atoms with van der Waals surface area (Å²) in [4.78, 5) is 36.1. The number of hydrogen-bond acceptors (Lipinski definition) is 7. The zero-order valence-electron chi connectivity index (χ0n) is 20.5. The standard InChI is InChI=1S/C27H28N4O6/c1-35-22-10-6-9-21(16-22)30-25(32)18-37-23-12-11-20(15-24(23)36-2)17-29-31-27(34)26(33)28-14-13-19-7-4-3-5-8-19/h3-12,15-17H,13-14,18H2,1-2H3,(H,28,33)(H,30,32)(H,31,34)/b29-17-. The normalized spacial score (nSPS) is 10.4. The van der Waals surface area contributed by atoms with Crippen LogP contribution in [-0.2, 0) is 20.8 Å². The SMILES string of the molecule is COc1cccc(NC(=O)COc2ccc(/C=N\NC(=O)C(=O)NCCc3ccccc3)cc2OC)c1. The van der Waals surface area contributed by atoms with Gasteiger partial charge >= 0.3 is 11.8 Å². The van der Waals surface area contributed by atoms with E-state index in [-0.39, 0.29) is 12.5 Å². The quantitative estimate of drug-likeness (QED) is 0.209. The van der Waals surface area contributed by atoms with Crippen LogP contribution in [0, 0.1) is 0 Å². The van der Waals surface area contributed by atoms with Crippen molar-refractivity contribution in [2.45, 2.75) is 6.42 Å². The van der Waals surface area contributed by atoms with E-state index in [1.54, 1.807) is 49.6 Å². The smallest absolute Gasteiger partial charge is 0.329 e. The molecule has 10 nitrogen and oxygen atoms in total. The molecule has 10 heteroatoms. The number of amides is 3. The first-order valence-corrected chi connectivity index (χ1v) is 11.4. The van der Waals surface area contributed by atoms with Crippen molar-refractivity contribution in [2.75, 3.05) is 32.7 Å². The zero-order chi connectivity index (χ0) is 26.5. The zero-order valence-corrected chi connectivity index (χ0v) is 20.5. The molecule has 0 aromatic heterocycles. The number of methoxy groups -OCH3 is 2. The molecular formula is C27H28N4O6. The summed E-state index contributed by atoms with van der Waals surface area (Å²) in [6.45, 7) is 0.0899. The van der Waals surface area contributed by atoms with Crippen LogP contribution in [0.4, 0.5) is 5.69 Å². The van der Waals surface area contributed by atoms with Gasteiger partial charge in [0.15, 0.2) is 18.1 Å². The maximum atomic E-state index is 12.2. The Hall–Kier alpha value is -4.86. The van der Waals surface area contributed by atoms with E-state index in [0.717, 1.165) is 5.56 Å². The van der Waals surface area contributed by atoms with Crippen LogP contribution in [0.5, 0.6) is 17.2 Å². The molecule has 0 saturated heterocycles. The Kier molecular flexibility index (Phi) is 10.0. The topological polar surface area (TPSA) is 127 Å². The molecule has 0 fully saturated rings. The molecule has 3 aromatic carbocycles. The number of carbonyl (C=O) groups excluding carboxylic acids is 3. The minimum Gasteiger partial charge on any atom is -0.497 e. The van der Waals surface area contributed by atoms with E-state index in [2.05, 4.69) is 21.2 Å². The van der Waals surface area contributed by atoms with Gasteiger partial charge in [-0.25, -0.2) is 5.43 Å². The van der Waals surface area contributed by atoms with Crippen LogP contribution < -0.4 is 30.3 Å². The van der Waals surface area contributed by atoms with E-state index >= 15 is 0 Å². The van der Waals surface area contributed by atoms with Gasteiger partial charge in [-0.1, -0.05) is 36.4 Å². The second-order valence-electron chi connectivity index (χ2n) is 7.67. The highest BCUT2D eigenvalue weighted by Gasteiger charge is 2.12. The molecular weight excluding hydrogens is 476 g/mol. The van der Waals surface area contributed by atoms with E-state index in [1.807, 2.05) is 30.3 Å². The Morgan fingerprint density at radius 3 is 2.43 bits per heavy atom. The Bertz CT molecular complexity index is 1250. The van der Waals surface area contributed by atoms with Gasteiger partial charge in [0, 0.05) is 18.3 Å². The van der Waals surface area contributed by atoms with E-state index in [1.165, 1.54) is 13.3 Å². The third-order valence-electron chi connectivity index (χ3n) is 5.03. The van der Waals surface area contributed by atoms with Crippen molar-refractivity contribution < 1.29 is 28.6 Å². The third-order valence-corrected chi connectivity index (χ3v) is 5.03. The van der Waals surface area contributed by atoms with Crippen LogP contribution in [0.15, 0.2) is 77.9 Å². The third kappa shape index (κ3) is 8.70. The minimum atomic E-state index is -0.877. The first-order valence-electron chi connectivity index (χ1n) is 11.4. The Morgan fingerprint density at radius 1 is 0.865 bits per heavy atom. The second-order valence-corrected chi connectivity index (χ2v) is 7.67. The van der Waals surface area contributed by atoms with Gasteiger partial charge in [0.05, 0.1) is 20.4 Å². The molecule has 0 aliphatic rings. The van der Waals surface area contributed by atoms with Gasteiger partial charge in [-0.2, -0.15) is 5.10 Å². The van der Waals surface area contributed by atoms with Crippen LogP contribution in [0.1, 0.15) is 11.1 Å². The fourth-order valence-electron chi connectivity index (χ4n) is 3.19. The van der Waals surface area contributed by atoms with Gasteiger partial charge < -0.3 is 24.8 Å². The monoisotopic (exact) mass is 504 g/mol. The molecule has 192 valence electrons. The van der Waals surface area contributed by atoms with E-state index in [4.69, 9.17) is 14.2 Å². The van der Waals surface area contributed by atoms with Crippen molar-refractivity contribution in [3.63, 3.8) is 0 Å². The van der Waals surface area contributed by atoms with Crippen molar-refractivity contribution in [1.29, 1.82) is 0 Å². The molecule has 0 radical (unpaired) electrons. The fourth-order valence-corrected chi connectivity index (χ4v) is 3.19. The number of carbonyl (C=O) groups is 3. The molecule has 0 unspecified atom stereocenters. The lowest BCUT2D eigenvalue weighted by Crippen LogP contribution is -2.38. The summed E-state index contributed by atoms with van der Waals surface area (Å²) < 4.78 is 16.0. The molecule has 3 N–H and O–H groups in total. The second kappa shape index (κ2) is 13.9. The Labute approximate surface area is 214 Å². The maximum Gasteiger partial charge on any atom is 0.329 e. The summed E-state index contributed by atoms with van der Waals surface area (Å²) in [6, 6.07) is 21.5. The van der Waals surface area contributed by atoms with E-state index in [0.29, 0.717) is 41.5 Å². The predicted molar refractivity (Wildman–Crippen MR) is 139 cm³/mol. The summed E-state index contributed by atoms with van der Waals surface area (Å²) >= 11 is 0. The highest BCUT2D eigenvalue weighted by Crippen LogP contribution is 2.27. The molecule has 0 aliphatic heterocycles. The maximum absolute atomic E-state index is 12.2. The fraction of sp³-hybridized carbons (Fsp3) is 0.185. The molecule has 0 saturated carbocycles. The Morgan fingerprint density at radius 2 is 1.68 bits per heavy atom. The van der Waals surface area contributed by atoms with Gasteiger partial charge in [0.1, 0.15) is 5.75 Å². The molecule has 37 heavy (non-hydrogen) atoms. The van der Waals surface area contributed by atoms with Gasteiger partial charge in [-0.3, -0.25) is 14.4 Å². The number of ether oxygens (including phenoxy) is 3. The summed E-state index contributed by atoms with van der Waals surface area (Å²) in [5, 5.41) is 9.09. The lowest BCUT2D eigenvalue weighted by atomic mass is 10.1. The highest BCUT2D eigenvalue weighted by molar-refractivity contribution is 6.35. The van der Waals surface area contributed by atoms with Crippen LogP contribution in [-0.4, -0.2) is 51.3 Å². The number of benzene rings is 3. The van der Waals surface area contributed by atoms with Crippen molar-refractivity contribution in [3.05, 3.63) is 83.9 Å². The molecule has 3 amide bonds. The molecule has 0 bridgehead atoms. The number of hydrogen-bond donors (Lipinski definition) is 3. The van der Waals surface area contributed by atoms with E-state index < -0.39 is 11.8 Å². The summed E-state index contributed by atoms with van der Waals surface area (Å²) in [5.41, 5.74) is 4.40. The van der Waals surface area contributed by atoms with Gasteiger partial charge in [0.2, 0.25) is 0 Å². The molecule has 0 atom stereocenters. The van der Waals surface area contributed by atoms with Gasteiger partial charge in [-0.15, -0.1) is 0 Å². The predicted octanol–water partition coefficient (Wildman–Crippen LogP) is 2.53. The lowest BCUT2D eigenvalue weighted by Gasteiger charge is -2.12. The van der Waals surface area contributed by atoms with Crippen LogP contribution >= 0.6 is 0 Å². The van der Waals surface area contributed by atoms with Crippen LogP contribution in [0.2, 0.25) is 0 Å². The van der Waals surface area contributed by atoms with Gasteiger partial charge in [0.25, 0.3) is 5.91 Å². The highest BCUT2D eigenvalue weighted by atomic mass is 16.5. The average Bonchev–Trinajstić information content (AvgIpc) is 2.92. The molecule has 0 spiro atoms. The van der Waals surface area contributed by atoms with Crippen molar-refractivity contribution in [1.82, 2.24) is 10.7 Å². The lowest BCUT2D eigenvalue weighted by molar-refractivity contribution is -0.139. The number of nitrogens with one attached hydrogen (secondary N) is 3. The van der Waals surface area contributed by atoms with E-state index in [9.17, 15) is 14.4 Å². The van der Waals surface area contributed by atoms with Crippen LogP contribution in [0.3, 0.4) is 0 Å². The molecule has 0 aliphatic carbocycles. The Balaban J connectivity index is 1.46. The number of rotatable bonds is 11. The first-order chi connectivity index (χ1) is 18.0. The largest absolute Gasteiger partial charge is 0.497 e. The summed E-state index contributed by atoms with van der Waals surface area (Å²) in [7, 11) is 3.00.